The Labute approximate surface area is 98.9 Å². The maximum atomic E-state index is 11.9. The Balaban J connectivity index is 2.44. The summed E-state index contributed by atoms with van der Waals surface area (Å²) in [5.74, 6) is -0.0926. The average Bonchev–Trinajstić information content (AvgIpc) is 2.73. The van der Waals surface area contributed by atoms with Crippen molar-refractivity contribution in [1.29, 1.82) is 0 Å². The quantitative estimate of drug-likeness (QED) is 0.736. The lowest BCUT2D eigenvalue weighted by Crippen LogP contribution is -1.96. The third-order valence-corrected chi connectivity index (χ3v) is 4.33. The summed E-state index contributed by atoms with van der Waals surface area (Å²) in [6.45, 7) is 0. The maximum Gasteiger partial charge on any atom is 0.215 e. The van der Waals surface area contributed by atoms with E-state index in [1.54, 1.807) is 22.9 Å². The van der Waals surface area contributed by atoms with Gasteiger partial charge in [-0.2, -0.15) is 0 Å². The average molecular weight is 263 g/mol. The molecular formula is C9H4Cl2OS2. The molecule has 2 heterocycles. The molecule has 2 aromatic heterocycles. The van der Waals surface area contributed by atoms with Crippen molar-refractivity contribution in [2.24, 2.45) is 0 Å². The largest absolute Gasteiger partial charge is 0.287 e. The molecule has 0 fully saturated rings. The highest BCUT2D eigenvalue weighted by Crippen LogP contribution is 2.30. The van der Waals surface area contributed by atoms with Gasteiger partial charge in [-0.15, -0.1) is 22.7 Å². The van der Waals surface area contributed by atoms with Gasteiger partial charge in [0.15, 0.2) is 0 Å². The third kappa shape index (κ3) is 1.73. The van der Waals surface area contributed by atoms with Crippen molar-refractivity contribution in [2.75, 3.05) is 0 Å². The smallest absolute Gasteiger partial charge is 0.215 e. The van der Waals surface area contributed by atoms with Crippen molar-refractivity contribution in [2.45, 2.75) is 0 Å². The van der Waals surface area contributed by atoms with Crippen LogP contribution in [-0.4, -0.2) is 5.78 Å². The highest BCUT2D eigenvalue weighted by Gasteiger charge is 2.17. The van der Waals surface area contributed by atoms with Crippen molar-refractivity contribution in [3.05, 3.63) is 42.7 Å². The lowest BCUT2D eigenvalue weighted by Gasteiger charge is -1.95. The van der Waals surface area contributed by atoms with E-state index in [9.17, 15) is 4.79 Å². The molecule has 0 unspecified atom stereocenters. The molecule has 0 amide bonds. The Morgan fingerprint density at radius 2 is 1.43 bits per heavy atom. The molecule has 0 aliphatic rings. The Morgan fingerprint density at radius 1 is 1.00 bits per heavy atom. The molecule has 1 nitrogen and oxygen atoms in total. The van der Waals surface area contributed by atoms with E-state index < -0.39 is 0 Å². The predicted molar refractivity (Wildman–Crippen MR) is 62.1 cm³/mol. The molecule has 2 rings (SSSR count). The molecule has 5 heteroatoms. The first-order chi connectivity index (χ1) is 6.70. The van der Waals surface area contributed by atoms with Crippen LogP contribution < -0.4 is 0 Å². The summed E-state index contributed by atoms with van der Waals surface area (Å²) in [4.78, 5) is 13.0. The van der Waals surface area contributed by atoms with Gasteiger partial charge in [0.25, 0.3) is 0 Å². The normalized spacial score (nSPS) is 10.4. The molecule has 14 heavy (non-hydrogen) atoms. The van der Waals surface area contributed by atoms with Crippen LogP contribution in [0.15, 0.2) is 22.9 Å². The summed E-state index contributed by atoms with van der Waals surface area (Å²) in [5.41, 5.74) is 0. The predicted octanol–water partition coefficient (Wildman–Crippen LogP) is 4.35. The van der Waals surface area contributed by atoms with Crippen molar-refractivity contribution in [3.63, 3.8) is 0 Å². The van der Waals surface area contributed by atoms with Crippen LogP contribution in [0.2, 0.25) is 10.0 Å². The van der Waals surface area contributed by atoms with Gasteiger partial charge in [0, 0.05) is 0 Å². The van der Waals surface area contributed by atoms with Gasteiger partial charge in [-0.1, -0.05) is 23.2 Å². The second-order valence-electron chi connectivity index (χ2n) is 2.52. The Kier molecular flexibility index (Phi) is 2.93. The number of ketones is 1. The summed E-state index contributed by atoms with van der Waals surface area (Å²) in [6.07, 6.45) is 0. The number of thiophene rings is 2. The Morgan fingerprint density at radius 3 is 1.71 bits per heavy atom. The van der Waals surface area contributed by atoms with Gasteiger partial charge in [0.2, 0.25) is 5.78 Å². The fourth-order valence-corrected chi connectivity index (χ4v) is 3.25. The molecule has 0 radical (unpaired) electrons. The van der Waals surface area contributed by atoms with E-state index in [4.69, 9.17) is 23.2 Å². The summed E-state index contributed by atoms with van der Waals surface area (Å²) < 4.78 is 0. The summed E-state index contributed by atoms with van der Waals surface area (Å²) in [7, 11) is 0. The molecule has 0 atom stereocenters. The van der Waals surface area contributed by atoms with Crippen LogP contribution in [0.3, 0.4) is 0 Å². The third-order valence-electron chi connectivity index (χ3n) is 1.65. The lowest BCUT2D eigenvalue weighted by atomic mass is 10.3. The minimum absolute atomic E-state index is 0.0926. The second-order valence-corrected chi connectivity index (χ2v) is 5.17. The minimum atomic E-state index is -0.0926. The van der Waals surface area contributed by atoms with Crippen LogP contribution in [-0.2, 0) is 0 Å². The number of rotatable bonds is 2. The molecule has 0 aliphatic carbocycles. The van der Waals surface area contributed by atoms with Gasteiger partial charge >= 0.3 is 0 Å². The van der Waals surface area contributed by atoms with Gasteiger partial charge in [-0.3, -0.25) is 4.79 Å². The minimum Gasteiger partial charge on any atom is -0.287 e. The van der Waals surface area contributed by atoms with E-state index in [1.165, 1.54) is 22.7 Å². The fourth-order valence-electron chi connectivity index (χ4n) is 1.01. The summed E-state index contributed by atoms with van der Waals surface area (Å²) in [5, 5.41) is 4.56. The Hall–Kier alpha value is -0.350. The topological polar surface area (TPSA) is 17.1 Å². The van der Waals surface area contributed by atoms with E-state index in [1.807, 2.05) is 0 Å². The van der Waals surface area contributed by atoms with Gasteiger partial charge in [0.05, 0.1) is 19.8 Å². The van der Waals surface area contributed by atoms with Crippen molar-refractivity contribution in [1.82, 2.24) is 0 Å². The fraction of sp³-hybridized carbons (Fsp3) is 0. The van der Waals surface area contributed by atoms with Gasteiger partial charge < -0.3 is 0 Å². The van der Waals surface area contributed by atoms with E-state index >= 15 is 0 Å². The van der Waals surface area contributed by atoms with E-state index in [-0.39, 0.29) is 5.78 Å². The van der Waals surface area contributed by atoms with Gasteiger partial charge in [-0.25, -0.2) is 0 Å². The number of carbonyl (C=O) groups excluding carboxylic acids is 1. The molecule has 0 bridgehead atoms. The first-order valence-corrected chi connectivity index (χ1v) is 6.22. The lowest BCUT2D eigenvalue weighted by molar-refractivity contribution is 0.104. The molecule has 2 aromatic rings. The van der Waals surface area contributed by atoms with E-state index in [2.05, 4.69) is 0 Å². The van der Waals surface area contributed by atoms with Crippen molar-refractivity contribution >= 4 is 51.7 Å². The zero-order chi connectivity index (χ0) is 10.1. The van der Waals surface area contributed by atoms with Gasteiger partial charge in [0.1, 0.15) is 0 Å². The van der Waals surface area contributed by atoms with Crippen LogP contribution in [0.4, 0.5) is 0 Å². The Bertz CT molecular complexity index is 430. The molecule has 72 valence electrons. The van der Waals surface area contributed by atoms with Crippen LogP contribution in [0, 0.1) is 0 Å². The van der Waals surface area contributed by atoms with E-state index in [0.717, 1.165) is 0 Å². The number of hydrogen-bond donors (Lipinski definition) is 0. The molecular weight excluding hydrogens is 259 g/mol. The highest BCUT2D eigenvalue weighted by molar-refractivity contribution is 7.16. The number of hydrogen-bond acceptors (Lipinski definition) is 3. The molecule has 0 spiro atoms. The van der Waals surface area contributed by atoms with Crippen LogP contribution in [0.5, 0.6) is 0 Å². The van der Waals surface area contributed by atoms with Crippen molar-refractivity contribution in [3.8, 4) is 0 Å². The number of carbonyl (C=O) groups is 1. The maximum absolute atomic E-state index is 11.9. The standard InChI is InChI=1S/C9H4Cl2OS2/c10-5-1-3-13-8(5)7(12)9-6(11)2-4-14-9/h1-4H. The SMILES string of the molecule is O=C(c1sccc1Cl)c1sccc1Cl. The van der Waals surface area contributed by atoms with Gasteiger partial charge in [-0.05, 0) is 22.9 Å². The highest BCUT2D eigenvalue weighted by atomic mass is 35.5. The van der Waals surface area contributed by atoms with Crippen molar-refractivity contribution < 1.29 is 4.79 Å². The monoisotopic (exact) mass is 262 g/mol. The molecule has 0 saturated carbocycles. The second kappa shape index (κ2) is 4.03. The van der Waals surface area contributed by atoms with E-state index in [0.29, 0.717) is 19.8 Å². The van der Waals surface area contributed by atoms with Crippen LogP contribution in [0.25, 0.3) is 0 Å². The molecule has 0 aromatic carbocycles. The first-order valence-electron chi connectivity index (χ1n) is 3.71. The first kappa shape index (κ1) is 10.2. The zero-order valence-electron chi connectivity index (χ0n) is 6.79. The molecule has 0 aliphatic heterocycles. The molecule has 0 saturated heterocycles. The molecule has 0 N–H and O–H groups in total. The van der Waals surface area contributed by atoms with Crippen LogP contribution >= 0.6 is 45.9 Å². The summed E-state index contributed by atoms with van der Waals surface area (Å²) >= 11 is 14.4. The van der Waals surface area contributed by atoms with Crippen LogP contribution in [0.1, 0.15) is 14.5 Å². The summed E-state index contributed by atoms with van der Waals surface area (Å²) in [6, 6.07) is 3.42. The zero-order valence-corrected chi connectivity index (χ0v) is 9.93. The number of halogens is 2.